The lowest BCUT2D eigenvalue weighted by molar-refractivity contribution is 0.0300. The molecule has 0 radical (unpaired) electrons. The van der Waals surface area contributed by atoms with Gasteiger partial charge in [0.25, 0.3) is 0 Å². The first-order valence-corrected chi connectivity index (χ1v) is 12.1. The predicted molar refractivity (Wildman–Crippen MR) is 129 cm³/mol. The van der Waals surface area contributed by atoms with Crippen LogP contribution in [-0.4, -0.2) is 72.0 Å². The van der Waals surface area contributed by atoms with Crippen molar-refractivity contribution in [1.82, 2.24) is 25.3 Å². The van der Waals surface area contributed by atoms with Gasteiger partial charge in [0.15, 0.2) is 5.82 Å². The van der Waals surface area contributed by atoms with Gasteiger partial charge in [-0.1, -0.05) is 6.92 Å². The second kappa shape index (κ2) is 11.7. The molecule has 1 aliphatic heterocycles. The standard InChI is InChI=1S/C24H37N7O2/c1-24(8-12-33-13-9-24)16-27-21-7-10-26-23(31-21)20-15-22(29-17-28-20)30-19-5-3-18(4-6-19)25-11-14-32-2/h7,10,15,17-19,25H,3-6,8-9,11-14,16H2,1-2H3,(H,26,27,31)(H,28,29,30). The SMILES string of the molecule is COCCNC1CCC(Nc2cc(-c3nccc(NCC4(C)CCOCC4)n3)ncn2)CC1. The third-order valence-electron chi connectivity index (χ3n) is 6.77. The van der Waals surface area contributed by atoms with E-state index in [9.17, 15) is 0 Å². The summed E-state index contributed by atoms with van der Waals surface area (Å²) in [5.74, 6) is 2.25. The maximum absolute atomic E-state index is 5.50. The van der Waals surface area contributed by atoms with E-state index in [1.165, 1.54) is 0 Å². The molecule has 0 amide bonds. The van der Waals surface area contributed by atoms with Gasteiger partial charge in [0.1, 0.15) is 23.7 Å². The molecule has 1 saturated carbocycles. The summed E-state index contributed by atoms with van der Waals surface area (Å²) in [4.78, 5) is 18.0. The highest BCUT2D eigenvalue weighted by Crippen LogP contribution is 2.30. The van der Waals surface area contributed by atoms with Crippen molar-refractivity contribution in [3.8, 4) is 11.5 Å². The van der Waals surface area contributed by atoms with Crippen LogP contribution < -0.4 is 16.0 Å². The van der Waals surface area contributed by atoms with Gasteiger partial charge in [0.2, 0.25) is 0 Å². The molecule has 0 bridgehead atoms. The van der Waals surface area contributed by atoms with Crippen LogP contribution in [0.3, 0.4) is 0 Å². The highest BCUT2D eigenvalue weighted by molar-refractivity contribution is 5.56. The molecule has 33 heavy (non-hydrogen) atoms. The lowest BCUT2D eigenvalue weighted by Gasteiger charge is -2.33. The van der Waals surface area contributed by atoms with E-state index in [2.05, 4.69) is 37.8 Å². The summed E-state index contributed by atoms with van der Waals surface area (Å²) in [6.07, 6.45) is 10.0. The van der Waals surface area contributed by atoms with E-state index in [-0.39, 0.29) is 5.41 Å². The Hall–Kier alpha value is -2.36. The Balaban J connectivity index is 1.32. The highest BCUT2D eigenvalue weighted by Gasteiger charge is 2.27. The number of ether oxygens (including phenoxy) is 2. The van der Waals surface area contributed by atoms with E-state index >= 15 is 0 Å². The molecule has 4 rings (SSSR count). The predicted octanol–water partition coefficient (Wildman–Crippen LogP) is 3.12. The Labute approximate surface area is 196 Å². The summed E-state index contributed by atoms with van der Waals surface area (Å²) in [5, 5.41) is 10.6. The second-order valence-corrected chi connectivity index (χ2v) is 9.47. The average Bonchev–Trinajstić information content (AvgIpc) is 2.85. The number of nitrogens with zero attached hydrogens (tertiary/aromatic N) is 4. The maximum Gasteiger partial charge on any atom is 0.180 e. The van der Waals surface area contributed by atoms with Gasteiger partial charge < -0.3 is 25.4 Å². The minimum absolute atomic E-state index is 0.230. The summed E-state index contributed by atoms with van der Waals surface area (Å²) in [6, 6.07) is 4.85. The number of methoxy groups -OCH3 is 1. The Morgan fingerprint density at radius 1 is 1.06 bits per heavy atom. The molecule has 180 valence electrons. The van der Waals surface area contributed by atoms with Crippen molar-refractivity contribution in [3.05, 3.63) is 24.7 Å². The molecular weight excluding hydrogens is 418 g/mol. The zero-order valence-corrected chi connectivity index (χ0v) is 19.8. The minimum Gasteiger partial charge on any atom is -0.383 e. The second-order valence-electron chi connectivity index (χ2n) is 9.47. The number of aromatic nitrogens is 4. The number of anilines is 2. The summed E-state index contributed by atoms with van der Waals surface area (Å²) < 4.78 is 10.6. The van der Waals surface area contributed by atoms with Crippen LogP contribution in [0, 0.1) is 5.41 Å². The topological polar surface area (TPSA) is 106 Å². The van der Waals surface area contributed by atoms with E-state index in [1.54, 1.807) is 19.6 Å². The van der Waals surface area contributed by atoms with Crippen LogP contribution in [0.15, 0.2) is 24.7 Å². The molecule has 2 aromatic heterocycles. The number of rotatable bonds is 10. The van der Waals surface area contributed by atoms with Crippen LogP contribution in [0.1, 0.15) is 45.4 Å². The minimum atomic E-state index is 0.230. The van der Waals surface area contributed by atoms with Crippen molar-refractivity contribution in [3.63, 3.8) is 0 Å². The largest absolute Gasteiger partial charge is 0.383 e. The Bertz CT molecular complexity index is 867. The van der Waals surface area contributed by atoms with E-state index in [1.807, 2.05) is 12.1 Å². The fourth-order valence-corrected chi connectivity index (χ4v) is 4.50. The van der Waals surface area contributed by atoms with Gasteiger partial charge in [-0.3, -0.25) is 0 Å². The first-order chi connectivity index (χ1) is 16.1. The molecule has 3 heterocycles. The quantitative estimate of drug-likeness (QED) is 0.466. The molecule has 2 aromatic rings. The number of nitrogens with one attached hydrogen (secondary N) is 3. The van der Waals surface area contributed by atoms with Gasteiger partial charge in [-0.15, -0.1) is 0 Å². The molecule has 0 atom stereocenters. The molecule has 1 aliphatic carbocycles. The highest BCUT2D eigenvalue weighted by atomic mass is 16.5. The monoisotopic (exact) mass is 455 g/mol. The first kappa shape index (κ1) is 23.8. The molecule has 1 saturated heterocycles. The van der Waals surface area contributed by atoms with Crippen molar-refractivity contribution >= 4 is 11.6 Å². The smallest absolute Gasteiger partial charge is 0.180 e. The van der Waals surface area contributed by atoms with Gasteiger partial charge in [-0.25, -0.2) is 19.9 Å². The van der Waals surface area contributed by atoms with Crippen LogP contribution >= 0.6 is 0 Å². The van der Waals surface area contributed by atoms with E-state index in [0.29, 0.717) is 17.9 Å². The number of hydrogen-bond acceptors (Lipinski definition) is 9. The molecule has 3 N–H and O–H groups in total. The van der Waals surface area contributed by atoms with Crippen LogP contribution in [-0.2, 0) is 9.47 Å². The molecule has 0 spiro atoms. The van der Waals surface area contributed by atoms with Crippen molar-refractivity contribution < 1.29 is 9.47 Å². The fourth-order valence-electron chi connectivity index (χ4n) is 4.50. The first-order valence-electron chi connectivity index (χ1n) is 12.1. The van der Waals surface area contributed by atoms with Gasteiger partial charge in [-0.05, 0) is 50.0 Å². The Kier molecular flexibility index (Phi) is 8.41. The third-order valence-corrected chi connectivity index (χ3v) is 6.77. The van der Waals surface area contributed by atoms with Crippen molar-refractivity contribution in [2.45, 2.75) is 57.5 Å². The summed E-state index contributed by atoms with van der Waals surface area (Å²) in [5.41, 5.74) is 0.955. The van der Waals surface area contributed by atoms with Gasteiger partial charge in [-0.2, -0.15) is 0 Å². The molecule has 2 fully saturated rings. The van der Waals surface area contributed by atoms with Crippen molar-refractivity contribution in [2.75, 3.05) is 50.7 Å². The molecule has 0 unspecified atom stereocenters. The molecule has 9 heteroatoms. The number of hydrogen-bond donors (Lipinski definition) is 3. The summed E-state index contributed by atoms with van der Waals surface area (Å²) >= 11 is 0. The third kappa shape index (κ3) is 7.06. The van der Waals surface area contributed by atoms with E-state index in [4.69, 9.17) is 14.5 Å². The maximum atomic E-state index is 5.50. The molecule has 9 nitrogen and oxygen atoms in total. The van der Waals surface area contributed by atoms with Crippen molar-refractivity contribution in [1.29, 1.82) is 0 Å². The Morgan fingerprint density at radius 3 is 2.64 bits per heavy atom. The summed E-state index contributed by atoms with van der Waals surface area (Å²) in [7, 11) is 1.74. The Morgan fingerprint density at radius 2 is 1.85 bits per heavy atom. The van der Waals surface area contributed by atoms with Crippen LogP contribution in [0.5, 0.6) is 0 Å². The lowest BCUT2D eigenvalue weighted by Crippen LogP contribution is -2.38. The fraction of sp³-hybridized carbons (Fsp3) is 0.667. The van der Waals surface area contributed by atoms with Gasteiger partial charge in [0, 0.05) is 57.8 Å². The van der Waals surface area contributed by atoms with E-state index < -0.39 is 0 Å². The zero-order valence-electron chi connectivity index (χ0n) is 19.8. The van der Waals surface area contributed by atoms with Crippen LogP contribution in [0.25, 0.3) is 11.5 Å². The normalized spacial score (nSPS) is 22.6. The van der Waals surface area contributed by atoms with Gasteiger partial charge in [0.05, 0.1) is 6.61 Å². The molecular formula is C24H37N7O2. The van der Waals surface area contributed by atoms with Crippen LogP contribution in [0.2, 0.25) is 0 Å². The molecule has 0 aromatic carbocycles. The van der Waals surface area contributed by atoms with Crippen molar-refractivity contribution in [2.24, 2.45) is 5.41 Å². The zero-order chi connectivity index (χ0) is 22.9. The summed E-state index contributed by atoms with van der Waals surface area (Å²) in [6.45, 7) is 6.50. The average molecular weight is 456 g/mol. The molecule has 2 aliphatic rings. The van der Waals surface area contributed by atoms with E-state index in [0.717, 1.165) is 88.8 Å². The lowest BCUT2D eigenvalue weighted by atomic mass is 9.82. The van der Waals surface area contributed by atoms with Gasteiger partial charge >= 0.3 is 0 Å². The van der Waals surface area contributed by atoms with Crippen LogP contribution in [0.4, 0.5) is 11.6 Å².